The third-order valence-corrected chi connectivity index (χ3v) is 5.75. The van der Waals surface area contributed by atoms with E-state index >= 15 is 0 Å². The maximum atomic E-state index is 6.09. The first-order valence-corrected chi connectivity index (χ1v) is 9.73. The third kappa shape index (κ3) is 4.32. The van der Waals surface area contributed by atoms with E-state index in [0.717, 1.165) is 12.3 Å². The molecule has 3 rings (SSSR count). The molecule has 4 heteroatoms. The molecular formula is C20H26N2OS. The van der Waals surface area contributed by atoms with Crippen molar-refractivity contribution in [3.63, 3.8) is 0 Å². The van der Waals surface area contributed by atoms with Crippen molar-refractivity contribution in [3.8, 4) is 5.75 Å². The van der Waals surface area contributed by atoms with Crippen molar-refractivity contribution in [2.45, 2.75) is 25.6 Å². The summed E-state index contributed by atoms with van der Waals surface area (Å²) in [6.45, 7) is 4.66. The molecule has 128 valence electrons. The number of rotatable bonds is 6. The van der Waals surface area contributed by atoms with Crippen LogP contribution in [0.1, 0.15) is 24.1 Å². The maximum Gasteiger partial charge on any atom is 0.119 e. The van der Waals surface area contributed by atoms with Crippen LogP contribution in [-0.4, -0.2) is 35.5 Å². The van der Waals surface area contributed by atoms with Gasteiger partial charge in [0.05, 0.1) is 0 Å². The largest absolute Gasteiger partial charge is 0.489 e. The van der Waals surface area contributed by atoms with E-state index in [1.807, 2.05) is 30.0 Å². The van der Waals surface area contributed by atoms with Gasteiger partial charge in [-0.2, -0.15) is 11.8 Å². The SMILES string of the molecule is CC1CSCCN1C(CN)c1ccc(OCc2ccccc2)cc1. The lowest BCUT2D eigenvalue weighted by Crippen LogP contribution is -2.45. The molecular weight excluding hydrogens is 316 g/mol. The molecule has 1 aliphatic heterocycles. The van der Waals surface area contributed by atoms with Gasteiger partial charge in [0.25, 0.3) is 0 Å². The molecule has 0 aliphatic carbocycles. The highest BCUT2D eigenvalue weighted by molar-refractivity contribution is 7.99. The highest BCUT2D eigenvalue weighted by atomic mass is 32.2. The minimum Gasteiger partial charge on any atom is -0.489 e. The summed E-state index contributed by atoms with van der Waals surface area (Å²) in [5.74, 6) is 3.29. The van der Waals surface area contributed by atoms with Crippen LogP contribution in [-0.2, 0) is 6.61 Å². The number of nitrogens with zero attached hydrogens (tertiary/aromatic N) is 1. The number of ether oxygens (including phenoxy) is 1. The van der Waals surface area contributed by atoms with Crippen molar-refractivity contribution in [2.75, 3.05) is 24.6 Å². The molecule has 2 aromatic carbocycles. The van der Waals surface area contributed by atoms with Gasteiger partial charge >= 0.3 is 0 Å². The number of hydrogen-bond acceptors (Lipinski definition) is 4. The number of thioether (sulfide) groups is 1. The highest BCUT2D eigenvalue weighted by Gasteiger charge is 2.26. The molecule has 24 heavy (non-hydrogen) atoms. The van der Waals surface area contributed by atoms with Gasteiger partial charge in [-0.1, -0.05) is 42.5 Å². The van der Waals surface area contributed by atoms with Gasteiger partial charge in [-0.3, -0.25) is 4.90 Å². The maximum absolute atomic E-state index is 6.09. The van der Waals surface area contributed by atoms with Crippen LogP contribution in [0.2, 0.25) is 0 Å². The quantitative estimate of drug-likeness (QED) is 0.869. The molecule has 0 aromatic heterocycles. The summed E-state index contributed by atoms with van der Waals surface area (Å²) in [6, 6.07) is 19.6. The van der Waals surface area contributed by atoms with Crippen LogP contribution in [0.15, 0.2) is 54.6 Å². The van der Waals surface area contributed by atoms with Crippen LogP contribution in [0.4, 0.5) is 0 Å². The molecule has 0 bridgehead atoms. The minimum atomic E-state index is 0.295. The number of nitrogens with two attached hydrogens (primary N) is 1. The highest BCUT2D eigenvalue weighted by Crippen LogP contribution is 2.28. The number of hydrogen-bond donors (Lipinski definition) is 1. The molecule has 1 heterocycles. The summed E-state index contributed by atoms with van der Waals surface area (Å²) in [5, 5.41) is 0. The zero-order valence-corrected chi connectivity index (χ0v) is 15.0. The topological polar surface area (TPSA) is 38.5 Å². The lowest BCUT2D eigenvalue weighted by Gasteiger charge is -2.39. The summed E-state index contributed by atoms with van der Waals surface area (Å²) >= 11 is 2.03. The molecule has 3 nitrogen and oxygen atoms in total. The Balaban J connectivity index is 1.64. The van der Waals surface area contributed by atoms with Gasteiger partial charge < -0.3 is 10.5 Å². The average molecular weight is 343 g/mol. The van der Waals surface area contributed by atoms with Gasteiger partial charge in [0, 0.05) is 36.7 Å². The molecule has 2 aromatic rings. The summed E-state index contributed by atoms with van der Waals surface area (Å²) in [4.78, 5) is 2.54. The fourth-order valence-electron chi connectivity index (χ4n) is 3.19. The Labute approximate surface area is 149 Å². The Kier molecular flexibility index (Phi) is 6.18. The molecule has 1 saturated heterocycles. The van der Waals surface area contributed by atoms with Crippen LogP contribution < -0.4 is 10.5 Å². The molecule has 2 unspecified atom stereocenters. The molecule has 0 radical (unpaired) electrons. The van der Waals surface area contributed by atoms with E-state index in [-0.39, 0.29) is 0 Å². The van der Waals surface area contributed by atoms with E-state index in [9.17, 15) is 0 Å². The minimum absolute atomic E-state index is 0.295. The predicted molar refractivity (Wildman–Crippen MR) is 103 cm³/mol. The molecule has 0 saturated carbocycles. The van der Waals surface area contributed by atoms with Crippen molar-refractivity contribution in [1.29, 1.82) is 0 Å². The van der Waals surface area contributed by atoms with Crippen LogP contribution in [0.3, 0.4) is 0 Å². The summed E-state index contributed by atoms with van der Waals surface area (Å²) < 4.78 is 5.88. The molecule has 1 aliphatic rings. The standard InChI is InChI=1S/C20H26N2OS/c1-16-15-24-12-11-22(16)20(13-21)18-7-9-19(10-8-18)23-14-17-5-3-2-4-6-17/h2-10,16,20H,11-15,21H2,1H3. The monoisotopic (exact) mass is 342 g/mol. The Morgan fingerprint density at radius 1 is 1.17 bits per heavy atom. The fourth-order valence-corrected chi connectivity index (χ4v) is 4.23. The lowest BCUT2D eigenvalue weighted by molar-refractivity contribution is 0.166. The van der Waals surface area contributed by atoms with Crippen molar-refractivity contribution in [1.82, 2.24) is 4.90 Å². The first-order valence-electron chi connectivity index (χ1n) is 8.58. The van der Waals surface area contributed by atoms with Crippen LogP contribution in [0, 0.1) is 0 Å². The smallest absolute Gasteiger partial charge is 0.119 e. The lowest BCUT2D eigenvalue weighted by atomic mass is 10.0. The van der Waals surface area contributed by atoms with E-state index in [2.05, 4.69) is 48.2 Å². The molecule has 1 fully saturated rings. The van der Waals surface area contributed by atoms with Crippen LogP contribution >= 0.6 is 11.8 Å². The van der Waals surface area contributed by atoms with E-state index in [4.69, 9.17) is 10.5 Å². The average Bonchev–Trinajstić information content (AvgIpc) is 2.64. The van der Waals surface area contributed by atoms with Crippen molar-refractivity contribution < 1.29 is 4.74 Å². The van der Waals surface area contributed by atoms with Gasteiger partial charge in [0.15, 0.2) is 0 Å². The summed E-state index contributed by atoms with van der Waals surface area (Å²) in [7, 11) is 0. The number of benzene rings is 2. The van der Waals surface area contributed by atoms with E-state index < -0.39 is 0 Å². The zero-order valence-electron chi connectivity index (χ0n) is 14.2. The van der Waals surface area contributed by atoms with Gasteiger partial charge in [0.2, 0.25) is 0 Å². The van der Waals surface area contributed by atoms with Crippen LogP contribution in [0.25, 0.3) is 0 Å². The normalized spacial score (nSPS) is 19.8. The van der Waals surface area contributed by atoms with Crippen molar-refractivity contribution in [2.24, 2.45) is 5.73 Å². The van der Waals surface area contributed by atoms with E-state index in [1.54, 1.807) is 0 Å². The van der Waals surface area contributed by atoms with E-state index in [1.165, 1.54) is 22.6 Å². The van der Waals surface area contributed by atoms with Crippen molar-refractivity contribution >= 4 is 11.8 Å². The second-order valence-corrected chi connectivity index (χ2v) is 7.41. The second-order valence-electron chi connectivity index (χ2n) is 6.26. The van der Waals surface area contributed by atoms with Gasteiger partial charge in [-0.05, 0) is 30.2 Å². The van der Waals surface area contributed by atoms with Gasteiger partial charge in [-0.25, -0.2) is 0 Å². The van der Waals surface area contributed by atoms with Crippen LogP contribution in [0.5, 0.6) is 5.75 Å². The van der Waals surface area contributed by atoms with Crippen molar-refractivity contribution in [3.05, 3.63) is 65.7 Å². The molecule has 0 amide bonds. The fraction of sp³-hybridized carbons (Fsp3) is 0.400. The summed E-state index contributed by atoms with van der Waals surface area (Å²) in [6.07, 6.45) is 0. The zero-order chi connectivity index (χ0) is 16.8. The summed E-state index contributed by atoms with van der Waals surface area (Å²) in [5.41, 5.74) is 8.55. The first kappa shape index (κ1) is 17.3. The Bertz CT molecular complexity index is 617. The Morgan fingerprint density at radius 3 is 2.58 bits per heavy atom. The molecule has 0 spiro atoms. The first-order chi connectivity index (χ1) is 11.8. The molecule has 2 atom stereocenters. The predicted octanol–water partition coefficient (Wildman–Crippen LogP) is 3.70. The van der Waals surface area contributed by atoms with E-state index in [0.29, 0.717) is 25.2 Å². The Hall–Kier alpha value is -1.49. The second kappa shape index (κ2) is 8.56. The Morgan fingerprint density at radius 2 is 1.92 bits per heavy atom. The van der Waals surface area contributed by atoms with Gasteiger partial charge in [0.1, 0.15) is 12.4 Å². The molecule has 2 N–H and O–H groups in total. The third-order valence-electron chi connectivity index (χ3n) is 4.56. The van der Waals surface area contributed by atoms with Gasteiger partial charge in [-0.15, -0.1) is 0 Å².